The molecule has 2 rings (SSSR count). The molecule has 1 aliphatic rings. The molecule has 1 fully saturated rings. The first kappa shape index (κ1) is 19.8. The summed E-state index contributed by atoms with van der Waals surface area (Å²) >= 11 is 0. The highest BCUT2D eigenvalue weighted by atomic mass is 19.1. The number of nitrogens with two attached hydrogens (primary N) is 1. The van der Waals surface area contributed by atoms with Crippen LogP contribution in [-0.4, -0.2) is 73.8 Å². The van der Waals surface area contributed by atoms with Gasteiger partial charge in [0.25, 0.3) is 0 Å². The van der Waals surface area contributed by atoms with Crippen molar-refractivity contribution in [2.45, 2.75) is 12.5 Å². The molecule has 1 atom stereocenters. The lowest BCUT2D eigenvalue weighted by Crippen LogP contribution is -2.52. The van der Waals surface area contributed by atoms with Gasteiger partial charge in [-0.05, 0) is 31.2 Å². The highest BCUT2D eigenvalue weighted by molar-refractivity contribution is 5.93. The van der Waals surface area contributed by atoms with E-state index in [2.05, 4.69) is 15.5 Å². The van der Waals surface area contributed by atoms with E-state index >= 15 is 0 Å². The van der Waals surface area contributed by atoms with Gasteiger partial charge in [0.2, 0.25) is 18.2 Å². The summed E-state index contributed by atoms with van der Waals surface area (Å²) in [5.41, 5.74) is 6.58. The summed E-state index contributed by atoms with van der Waals surface area (Å²) in [4.78, 5) is 37.9. The number of piperazine rings is 1. The van der Waals surface area contributed by atoms with Crippen LogP contribution >= 0.6 is 0 Å². The van der Waals surface area contributed by atoms with Gasteiger partial charge in [-0.25, -0.2) is 4.39 Å². The maximum absolute atomic E-state index is 14.1. The second kappa shape index (κ2) is 9.25. The van der Waals surface area contributed by atoms with E-state index in [1.807, 2.05) is 7.05 Å². The number of hydrogen-bond acceptors (Lipinski definition) is 5. The van der Waals surface area contributed by atoms with Crippen molar-refractivity contribution in [1.29, 1.82) is 0 Å². The zero-order chi connectivity index (χ0) is 19.1. The van der Waals surface area contributed by atoms with Gasteiger partial charge in [0.1, 0.15) is 5.82 Å². The topological polar surface area (TPSA) is 108 Å². The average molecular weight is 365 g/mol. The van der Waals surface area contributed by atoms with E-state index in [1.165, 1.54) is 12.1 Å². The van der Waals surface area contributed by atoms with Crippen molar-refractivity contribution < 1.29 is 18.8 Å². The highest BCUT2D eigenvalue weighted by Gasteiger charge is 2.24. The van der Waals surface area contributed by atoms with Crippen LogP contribution in [0.2, 0.25) is 0 Å². The fourth-order valence-electron chi connectivity index (χ4n) is 2.72. The van der Waals surface area contributed by atoms with Crippen LogP contribution in [0.1, 0.15) is 5.56 Å². The Hall–Kier alpha value is -2.52. The summed E-state index contributed by atoms with van der Waals surface area (Å²) in [5, 5.41) is 4.55. The van der Waals surface area contributed by atoms with E-state index in [-0.39, 0.29) is 24.6 Å². The van der Waals surface area contributed by atoms with Crippen LogP contribution in [0.15, 0.2) is 18.2 Å². The molecule has 142 valence electrons. The minimum Gasteiger partial charge on any atom is -0.350 e. The van der Waals surface area contributed by atoms with Crippen LogP contribution in [-0.2, 0) is 20.8 Å². The zero-order valence-electron chi connectivity index (χ0n) is 14.7. The van der Waals surface area contributed by atoms with Gasteiger partial charge >= 0.3 is 0 Å². The first-order valence-electron chi connectivity index (χ1n) is 8.39. The van der Waals surface area contributed by atoms with Crippen molar-refractivity contribution in [3.8, 4) is 0 Å². The third-order valence-corrected chi connectivity index (χ3v) is 4.24. The molecule has 26 heavy (non-hydrogen) atoms. The second-order valence-electron chi connectivity index (χ2n) is 6.30. The number of likely N-dealkylation sites (N-methyl/N-ethyl adjacent to an activating group) is 1. The Kier molecular flexibility index (Phi) is 7.05. The minimum atomic E-state index is -0.741. The number of rotatable bonds is 7. The molecule has 1 unspecified atom stereocenters. The normalized spacial score (nSPS) is 16.0. The lowest BCUT2D eigenvalue weighted by molar-refractivity contribution is -0.134. The van der Waals surface area contributed by atoms with Crippen LogP contribution < -0.4 is 16.4 Å². The number of benzene rings is 1. The highest BCUT2D eigenvalue weighted by Crippen LogP contribution is 2.17. The Morgan fingerprint density at radius 2 is 2.00 bits per heavy atom. The average Bonchev–Trinajstić information content (AvgIpc) is 2.62. The number of carbonyl (C=O) groups is 3. The van der Waals surface area contributed by atoms with E-state index in [0.29, 0.717) is 25.1 Å². The molecule has 3 amide bonds. The molecular formula is C17H24FN5O3. The van der Waals surface area contributed by atoms with Gasteiger partial charge in [-0.15, -0.1) is 0 Å². The van der Waals surface area contributed by atoms with Crippen molar-refractivity contribution in [2.24, 2.45) is 5.73 Å². The Morgan fingerprint density at radius 1 is 1.31 bits per heavy atom. The molecule has 0 spiro atoms. The van der Waals surface area contributed by atoms with E-state index in [9.17, 15) is 18.8 Å². The SMILES string of the molecule is CN1CCN(C(=O)C(N)Cc2ccc(NC(=O)CNC=O)c(F)c2)CC1. The van der Waals surface area contributed by atoms with Crippen molar-refractivity contribution >= 4 is 23.9 Å². The van der Waals surface area contributed by atoms with E-state index < -0.39 is 17.8 Å². The van der Waals surface area contributed by atoms with Gasteiger partial charge in [0.05, 0.1) is 18.3 Å². The van der Waals surface area contributed by atoms with Crippen LogP contribution in [0.3, 0.4) is 0 Å². The predicted octanol–water partition coefficient (Wildman–Crippen LogP) is -0.846. The Morgan fingerprint density at radius 3 is 2.62 bits per heavy atom. The number of amides is 3. The molecule has 8 nitrogen and oxygen atoms in total. The van der Waals surface area contributed by atoms with E-state index in [0.717, 1.165) is 13.1 Å². The van der Waals surface area contributed by atoms with Crippen molar-refractivity contribution in [3.05, 3.63) is 29.6 Å². The largest absolute Gasteiger partial charge is 0.350 e. The molecule has 1 aromatic carbocycles. The summed E-state index contributed by atoms with van der Waals surface area (Å²) in [6.07, 6.45) is 0.598. The van der Waals surface area contributed by atoms with Crippen LogP contribution in [0.5, 0.6) is 0 Å². The van der Waals surface area contributed by atoms with Crippen LogP contribution in [0.4, 0.5) is 10.1 Å². The molecule has 0 bridgehead atoms. The van der Waals surface area contributed by atoms with Crippen molar-refractivity contribution in [2.75, 3.05) is 45.1 Å². The Labute approximate surface area is 151 Å². The van der Waals surface area contributed by atoms with E-state index in [4.69, 9.17) is 5.73 Å². The maximum atomic E-state index is 14.1. The molecule has 4 N–H and O–H groups in total. The molecular weight excluding hydrogens is 341 g/mol. The first-order chi connectivity index (χ1) is 12.4. The van der Waals surface area contributed by atoms with Crippen LogP contribution in [0.25, 0.3) is 0 Å². The Balaban J connectivity index is 1.92. The van der Waals surface area contributed by atoms with Crippen molar-refractivity contribution in [1.82, 2.24) is 15.1 Å². The third-order valence-electron chi connectivity index (χ3n) is 4.24. The Bertz CT molecular complexity index is 662. The summed E-state index contributed by atoms with van der Waals surface area (Å²) in [6, 6.07) is 3.54. The predicted molar refractivity (Wildman–Crippen MR) is 94.9 cm³/mol. The van der Waals surface area contributed by atoms with Crippen LogP contribution in [0, 0.1) is 5.82 Å². The molecule has 1 saturated heterocycles. The molecule has 9 heteroatoms. The molecule has 0 saturated carbocycles. The molecule has 1 aliphatic heterocycles. The lowest BCUT2D eigenvalue weighted by atomic mass is 10.0. The summed E-state index contributed by atoms with van der Waals surface area (Å²) < 4.78 is 14.1. The number of nitrogens with zero attached hydrogens (tertiary/aromatic N) is 2. The van der Waals surface area contributed by atoms with Gasteiger partial charge in [-0.1, -0.05) is 6.07 Å². The van der Waals surface area contributed by atoms with Gasteiger partial charge in [-0.3, -0.25) is 14.4 Å². The number of halogens is 1. The quantitative estimate of drug-likeness (QED) is 0.546. The van der Waals surface area contributed by atoms with Crippen molar-refractivity contribution in [3.63, 3.8) is 0 Å². The zero-order valence-corrected chi connectivity index (χ0v) is 14.7. The molecule has 0 aromatic heterocycles. The fraction of sp³-hybridized carbons (Fsp3) is 0.471. The standard InChI is InChI=1S/C17H24FN5O3/c1-22-4-6-23(7-5-22)17(26)14(19)9-12-2-3-15(13(18)8-12)21-16(25)10-20-11-24/h2-3,8,11,14H,4-7,9-10,19H2,1H3,(H,20,24)(H,21,25). The second-order valence-corrected chi connectivity index (χ2v) is 6.30. The van der Waals surface area contributed by atoms with Gasteiger partial charge in [0.15, 0.2) is 0 Å². The summed E-state index contributed by atoms with van der Waals surface area (Å²) in [7, 11) is 2.00. The maximum Gasteiger partial charge on any atom is 0.243 e. The minimum absolute atomic E-state index is 0.00501. The first-order valence-corrected chi connectivity index (χ1v) is 8.39. The number of carbonyl (C=O) groups excluding carboxylic acids is 3. The molecule has 1 heterocycles. The fourth-order valence-corrected chi connectivity index (χ4v) is 2.72. The van der Waals surface area contributed by atoms with E-state index in [1.54, 1.807) is 11.0 Å². The van der Waals surface area contributed by atoms with Gasteiger partial charge in [0, 0.05) is 26.2 Å². The summed E-state index contributed by atoms with van der Waals surface area (Å²) in [5.74, 6) is -1.30. The molecule has 1 aromatic rings. The van der Waals surface area contributed by atoms with Gasteiger partial charge in [-0.2, -0.15) is 0 Å². The van der Waals surface area contributed by atoms with Gasteiger partial charge < -0.3 is 26.2 Å². The third kappa shape index (κ3) is 5.50. The number of hydrogen-bond donors (Lipinski definition) is 3. The number of anilines is 1. The molecule has 0 radical (unpaired) electrons. The monoisotopic (exact) mass is 365 g/mol. The summed E-state index contributed by atoms with van der Waals surface area (Å²) in [6.45, 7) is 2.64. The number of nitrogens with one attached hydrogen (secondary N) is 2. The smallest absolute Gasteiger partial charge is 0.243 e. The lowest BCUT2D eigenvalue weighted by Gasteiger charge is -2.33. The molecule has 0 aliphatic carbocycles.